The van der Waals surface area contributed by atoms with Gasteiger partial charge in [0.05, 0.1) is 30.6 Å². The summed E-state index contributed by atoms with van der Waals surface area (Å²) < 4.78 is 5.44. The number of rotatable bonds is 2. The van der Waals surface area contributed by atoms with Crippen molar-refractivity contribution in [2.75, 3.05) is 36.9 Å². The predicted molar refractivity (Wildman–Crippen MR) is 103 cm³/mol. The molecular formula is C19H17N7O. The summed E-state index contributed by atoms with van der Waals surface area (Å²) in [6.07, 6.45) is 3.49. The zero-order chi connectivity index (χ0) is 18.2. The van der Waals surface area contributed by atoms with E-state index < -0.39 is 0 Å². The Morgan fingerprint density at radius 2 is 1.78 bits per heavy atom. The molecule has 3 aromatic heterocycles. The molecule has 0 spiro atoms. The first-order valence-corrected chi connectivity index (χ1v) is 8.77. The Labute approximate surface area is 155 Å². The number of hydrogen-bond acceptors (Lipinski definition) is 8. The predicted octanol–water partition coefficient (Wildman–Crippen LogP) is 2.05. The Bertz CT molecular complexity index is 1140. The Morgan fingerprint density at radius 1 is 0.926 bits per heavy atom. The largest absolute Gasteiger partial charge is 0.378 e. The maximum atomic E-state index is 5.90. The van der Waals surface area contributed by atoms with E-state index in [-0.39, 0.29) is 5.95 Å². The number of nitrogen functional groups attached to an aromatic ring is 1. The first-order chi connectivity index (χ1) is 13.3. The third-order valence-electron chi connectivity index (χ3n) is 4.63. The number of benzene rings is 1. The Balaban J connectivity index is 1.71. The average Bonchev–Trinajstić information content (AvgIpc) is 2.73. The van der Waals surface area contributed by atoms with Crippen molar-refractivity contribution in [1.82, 2.24) is 24.9 Å². The van der Waals surface area contributed by atoms with Crippen LogP contribution in [-0.4, -0.2) is 51.2 Å². The van der Waals surface area contributed by atoms with Crippen LogP contribution in [0.5, 0.6) is 0 Å². The third-order valence-corrected chi connectivity index (χ3v) is 4.63. The normalized spacial score (nSPS) is 14.7. The van der Waals surface area contributed by atoms with Crippen molar-refractivity contribution in [1.29, 1.82) is 0 Å². The number of hydrogen-bond donors (Lipinski definition) is 1. The van der Waals surface area contributed by atoms with Crippen LogP contribution in [0.15, 0.2) is 42.7 Å². The van der Waals surface area contributed by atoms with E-state index >= 15 is 0 Å². The molecule has 4 heterocycles. The van der Waals surface area contributed by atoms with E-state index in [0.29, 0.717) is 30.2 Å². The number of fused-ring (bicyclic) bond motifs is 2. The molecule has 0 unspecified atom stereocenters. The van der Waals surface area contributed by atoms with Gasteiger partial charge in [-0.2, -0.15) is 9.97 Å². The van der Waals surface area contributed by atoms with E-state index in [2.05, 4.69) is 24.8 Å². The lowest BCUT2D eigenvalue weighted by molar-refractivity contribution is 0.122. The third kappa shape index (κ3) is 2.80. The van der Waals surface area contributed by atoms with Gasteiger partial charge in [-0.3, -0.25) is 4.98 Å². The quantitative estimate of drug-likeness (QED) is 0.580. The number of aromatic nitrogens is 5. The second-order valence-electron chi connectivity index (χ2n) is 6.31. The molecular weight excluding hydrogens is 342 g/mol. The summed E-state index contributed by atoms with van der Waals surface area (Å²) in [5.41, 5.74) is 9.56. The highest BCUT2D eigenvalue weighted by Crippen LogP contribution is 2.29. The Morgan fingerprint density at radius 3 is 2.67 bits per heavy atom. The minimum absolute atomic E-state index is 0.192. The van der Waals surface area contributed by atoms with Crippen LogP contribution >= 0.6 is 0 Å². The zero-order valence-electron chi connectivity index (χ0n) is 14.5. The first kappa shape index (κ1) is 15.8. The summed E-state index contributed by atoms with van der Waals surface area (Å²) in [4.78, 5) is 24.7. The molecule has 0 saturated carbocycles. The van der Waals surface area contributed by atoms with Crippen LogP contribution in [0.1, 0.15) is 0 Å². The number of anilines is 2. The number of morpholine rings is 1. The van der Waals surface area contributed by atoms with E-state index in [0.717, 1.165) is 35.2 Å². The molecule has 8 nitrogen and oxygen atoms in total. The average molecular weight is 359 g/mol. The van der Waals surface area contributed by atoms with E-state index in [9.17, 15) is 0 Å². The number of para-hydroxylation sites is 1. The van der Waals surface area contributed by atoms with Crippen LogP contribution in [0.25, 0.3) is 33.3 Å². The molecule has 134 valence electrons. The molecule has 1 aromatic carbocycles. The smallest absolute Gasteiger partial charge is 0.224 e. The van der Waals surface area contributed by atoms with E-state index in [4.69, 9.17) is 15.5 Å². The lowest BCUT2D eigenvalue weighted by atomic mass is 10.1. The fourth-order valence-electron chi connectivity index (χ4n) is 3.35. The van der Waals surface area contributed by atoms with Gasteiger partial charge in [0.15, 0.2) is 17.0 Å². The summed E-state index contributed by atoms with van der Waals surface area (Å²) in [6, 6.07) is 9.98. The molecule has 0 amide bonds. The van der Waals surface area contributed by atoms with Crippen molar-refractivity contribution >= 4 is 33.8 Å². The topological polar surface area (TPSA) is 103 Å². The van der Waals surface area contributed by atoms with Crippen LogP contribution in [0.2, 0.25) is 0 Å². The van der Waals surface area contributed by atoms with Gasteiger partial charge in [-0.25, -0.2) is 9.97 Å². The van der Waals surface area contributed by atoms with Crippen LogP contribution < -0.4 is 10.6 Å². The molecule has 1 fully saturated rings. The fourth-order valence-corrected chi connectivity index (χ4v) is 3.35. The molecule has 4 aromatic rings. The zero-order valence-corrected chi connectivity index (χ0v) is 14.5. The Hall–Kier alpha value is -3.39. The van der Waals surface area contributed by atoms with Gasteiger partial charge in [0.1, 0.15) is 0 Å². The second kappa shape index (κ2) is 6.40. The monoisotopic (exact) mass is 359 g/mol. The first-order valence-electron chi connectivity index (χ1n) is 8.77. The molecule has 0 radical (unpaired) electrons. The summed E-state index contributed by atoms with van der Waals surface area (Å²) in [5, 5.41) is 1.05. The highest BCUT2D eigenvalue weighted by Gasteiger charge is 2.19. The van der Waals surface area contributed by atoms with Gasteiger partial charge >= 0.3 is 0 Å². The molecule has 27 heavy (non-hydrogen) atoms. The maximum absolute atomic E-state index is 5.90. The van der Waals surface area contributed by atoms with Gasteiger partial charge in [-0.1, -0.05) is 24.3 Å². The SMILES string of the molecule is Nc1nc(N2CCOCC2)c2nc(-c3cccc4cccnc34)cnc2n1. The van der Waals surface area contributed by atoms with Crippen molar-refractivity contribution in [3.05, 3.63) is 42.7 Å². The molecule has 8 heteroatoms. The van der Waals surface area contributed by atoms with Gasteiger partial charge < -0.3 is 15.4 Å². The molecule has 2 N–H and O–H groups in total. The van der Waals surface area contributed by atoms with Gasteiger partial charge in [0.25, 0.3) is 0 Å². The van der Waals surface area contributed by atoms with Crippen molar-refractivity contribution in [3.63, 3.8) is 0 Å². The fraction of sp³-hybridized carbons (Fsp3) is 0.211. The van der Waals surface area contributed by atoms with E-state index in [1.54, 1.807) is 12.4 Å². The molecule has 1 aliphatic rings. The van der Waals surface area contributed by atoms with Crippen molar-refractivity contribution in [2.24, 2.45) is 0 Å². The van der Waals surface area contributed by atoms with Gasteiger partial charge in [-0.05, 0) is 6.07 Å². The summed E-state index contributed by atoms with van der Waals surface area (Å²) in [7, 11) is 0. The van der Waals surface area contributed by atoms with Crippen LogP contribution in [0, 0.1) is 0 Å². The number of nitrogens with zero attached hydrogens (tertiary/aromatic N) is 6. The number of nitrogens with two attached hydrogens (primary N) is 1. The van der Waals surface area contributed by atoms with Gasteiger partial charge in [-0.15, -0.1) is 0 Å². The molecule has 5 rings (SSSR count). The summed E-state index contributed by atoms with van der Waals surface area (Å²) in [5.74, 6) is 0.890. The van der Waals surface area contributed by atoms with Crippen molar-refractivity contribution in [2.45, 2.75) is 0 Å². The number of ether oxygens (including phenoxy) is 1. The summed E-state index contributed by atoms with van der Waals surface area (Å²) in [6.45, 7) is 2.75. The molecule has 0 bridgehead atoms. The van der Waals surface area contributed by atoms with Crippen LogP contribution in [0.4, 0.5) is 11.8 Å². The van der Waals surface area contributed by atoms with Crippen LogP contribution in [0.3, 0.4) is 0 Å². The number of pyridine rings is 1. The molecule has 1 aliphatic heterocycles. The van der Waals surface area contributed by atoms with E-state index in [1.807, 2.05) is 30.3 Å². The summed E-state index contributed by atoms with van der Waals surface area (Å²) >= 11 is 0. The lowest BCUT2D eigenvalue weighted by Gasteiger charge is -2.28. The maximum Gasteiger partial charge on any atom is 0.224 e. The van der Waals surface area contributed by atoms with Gasteiger partial charge in [0.2, 0.25) is 5.95 Å². The second-order valence-corrected chi connectivity index (χ2v) is 6.31. The minimum Gasteiger partial charge on any atom is -0.378 e. The van der Waals surface area contributed by atoms with Crippen molar-refractivity contribution in [3.8, 4) is 11.3 Å². The van der Waals surface area contributed by atoms with Gasteiger partial charge in [0, 0.05) is 30.2 Å². The molecule has 0 atom stereocenters. The van der Waals surface area contributed by atoms with E-state index in [1.165, 1.54) is 0 Å². The lowest BCUT2D eigenvalue weighted by Crippen LogP contribution is -2.37. The van der Waals surface area contributed by atoms with Crippen molar-refractivity contribution < 1.29 is 4.74 Å². The standard InChI is InChI=1S/C19H17N7O/c20-19-24-17-16(18(25-19)26-7-9-27-10-8-26)23-14(11-22-17)13-5-1-3-12-4-2-6-21-15(12)13/h1-6,11H,7-10H2,(H2,20,22,24,25). The van der Waals surface area contributed by atoms with Crippen LogP contribution in [-0.2, 0) is 4.74 Å². The highest BCUT2D eigenvalue weighted by molar-refractivity contribution is 5.94. The minimum atomic E-state index is 0.192. The molecule has 1 saturated heterocycles. The molecule has 0 aliphatic carbocycles. The highest BCUT2D eigenvalue weighted by atomic mass is 16.5. The Kier molecular flexibility index (Phi) is 3.75.